The standard InChI is InChI=1S/C11H14BrN5/c12-9-6-15-11(17-4-2-14-10(9)17)16-3-1-8(5-13)7-16/h2,4,6,8H,1,3,5,7,13H2. The van der Waals surface area contributed by atoms with Crippen molar-refractivity contribution in [2.45, 2.75) is 6.42 Å². The van der Waals surface area contributed by atoms with Gasteiger partial charge >= 0.3 is 0 Å². The molecule has 17 heavy (non-hydrogen) atoms. The van der Waals surface area contributed by atoms with Crippen molar-refractivity contribution in [3.05, 3.63) is 23.1 Å². The van der Waals surface area contributed by atoms with E-state index in [4.69, 9.17) is 5.73 Å². The van der Waals surface area contributed by atoms with Crippen LogP contribution in [0.1, 0.15) is 6.42 Å². The summed E-state index contributed by atoms with van der Waals surface area (Å²) in [5, 5.41) is 0. The van der Waals surface area contributed by atoms with E-state index < -0.39 is 0 Å². The van der Waals surface area contributed by atoms with Crippen LogP contribution >= 0.6 is 15.9 Å². The van der Waals surface area contributed by atoms with Crippen LogP contribution in [0.15, 0.2) is 23.1 Å². The molecule has 0 amide bonds. The molecule has 1 fully saturated rings. The van der Waals surface area contributed by atoms with E-state index in [2.05, 4.69) is 30.8 Å². The largest absolute Gasteiger partial charge is 0.342 e. The van der Waals surface area contributed by atoms with Gasteiger partial charge in [0, 0.05) is 31.7 Å². The SMILES string of the molecule is NCC1CCN(c2ncc(Br)c3nccn23)C1. The first-order valence-corrected chi connectivity index (χ1v) is 6.51. The van der Waals surface area contributed by atoms with Gasteiger partial charge in [-0.05, 0) is 34.8 Å². The quantitative estimate of drug-likeness (QED) is 0.907. The van der Waals surface area contributed by atoms with Crippen LogP contribution < -0.4 is 10.6 Å². The van der Waals surface area contributed by atoms with Gasteiger partial charge in [-0.25, -0.2) is 9.97 Å². The monoisotopic (exact) mass is 295 g/mol. The molecular weight excluding hydrogens is 282 g/mol. The van der Waals surface area contributed by atoms with Crippen LogP contribution in [0.5, 0.6) is 0 Å². The van der Waals surface area contributed by atoms with Gasteiger partial charge in [-0.2, -0.15) is 0 Å². The second kappa shape index (κ2) is 4.27. The Labute approximate surface area is 108 Å². The van der Waals surface area contributed by atoms with Gasteiger partial charge in [-0.1, -0.05) is 0 Å². The van der Waals surface area contributed by atoms with E-state index in [1.165, 1.54) is 0 Å². The predicted octanol–water partition coefficient (Wildman–Crippen LogP) is 1.28. The van der Waals surface area contributed by atoms with Gasteiger partial charge in [-0.3, -0.25) is 4.40 Å². The number of nitrogens with zero attached hydrogens (tertiary/aromatic N) is 4. The fraction of sp³-hybridized carbons (Fsp3) is 0.455. The van der Waals surface area contributed by atoms with Crippen molar-refractivity contribution < 1.29 is 0 Å². The molecular formula is C11H14BrN5. The molecule has 0 aliphatic carbocycles. The van der Waals surface area contributed by atoms with Crippen LogP contribution in [-0.4, -0.2) is 34.0 Å². The highest BCUT2D eigenvalue weighted by Crippen LogP contribution is 2.25. The van der Waals surface area contributed by atoms with E-state index in [-0.39, 0.29) is 0 Å². The Bertz CT molecular complexity index is 538. The molecule has 1 aliphatic rings. The summed E-state index contributed by atoms with van der Waals surface area (Å²) < 4.78 is 2.93. The number of halogens is 1. The fourth-order valence-corrected chi connectivity index (χ4v) is 2.71. The normalized spacial score (nSPS) is 20.4. The fourth-order valence-electron chi connectivity index (χ4n) is 2.32. The van der Waals surface area contributed by atoms with E-state index >= 15 is 0 Å². The maximum absolute atomic E-state index is 5.72. The lowest BCUT2D eigenvalue weighted by atomic mass is 10.1. The highest BCUT2D eigenvalue weighted by molar-refractivity contribution is 9.10. The van der Waals surface area contributed by atoms with Crippen LogP contribution in [0.2, 0.25) is 0 Å². The van der Waals surface area contributed by atoms with E-state index in [1.807, 2.05) is 16.8 Å². The van der Waals surface area contributed by atoms with Gasteiger partial charge in [-0.15, -0.1) is 0 Å². The molecule has 0 bridgehead atoms. The van der Waals surface area contributed by atoms with Crippen LogP contribution in [0.25, 0.3) is 5.65 Å². The Morgan fingerprint density at radius 3 is 3.12 bits per heavy atom. The van der Waals surface area contributed by atoms with Crippen molar-refractivity contribution in [3.8, 4) is 0 Å². The number of hydrogen-bond acceptors (Lipinski definition) is 4. The van der Waals surface area contributed by atoms with Crippen LogP contribution in [0.4, 0.5) is 5.95 Å². The summed E-state index contributed by atoms with van der Waals surface area (Å²) in [6.45, 7) is 2.75. The minimum Gasteiger partial charge on any atom is -0.342 e. The van der Waals surface area contributed by atoms with Gasteiger partial charge < -0.3 is 10.6 Å². The second-order valence-electron chi connectivity index (χ2n) is 4.36. The summed E-state index contributed by atoms with van der Waals surface area (Å²) in [5.74, 6) is 1.54. The molecule has 1 unspecified atom stereocenters. The third-order valence-corrected chi connectivity index (χ3v) is 3.82. The summed E-state index contributed by atoms with van der Waals surface area (Å²) in [6, 6.07) is 0. The second-order valence-corrected chi connectivity index (χ2v) is 5.22. The molecule has 0 aromatic carbocycles. The van der Waals surface area contributed by atoms with Crippen molar-refractivity contribution >= 4 is 27.5 Å². The number of fused-ring (bicyclic) bond motifs is 1. The number of rotatable bonds is 2. The summed E-state index contributed by atoms with van der Waals surface area (Å²) in [7, 11) is 0. The van der Waals surface area contributed by atoms with Gasteiger partial charge in [0.2, 0.25) is 5.95 Å². The Morgan fingerprint density at radius 1 is 1.47 bits per heavy atom. The molecule has 90 valence electrons. The zero-order valence-electron chi connectivity index (χ0n) is 9.38. The first-order valence-electron chi connectivity index (χ1n) is 5.72. The van der Waals surface area contributed by atoms with Crippen LogP contribution in [-0.2, 0) is 0 Å². The molecule has 2 aromatic heterocycles. The first kappa shape index (κ1) is 11.0. The van der Waals surface area contributed by atoms with Crippen molar-refractivity contribution in [1.82, 2.24) is 14.4 Å². The minimum absolute atomic E-state index is 0.582. The van der Waals surface area contributed by atoms with Gasteiger partial charge in [0.15, 0.2) is 5.65 Å². The number of imidazole rings is 1. The maximum Gasteiger partial charge on any atom is 0.211 e. The Morgan fingerprint density at radius 2 is 2.35 bits per heavy atom. The van der Waals surface area contributed by atoms with Gasteiger partial charge in [0.1, 0.15) is 0 Å². The zero-order valence-corrected chi connectivity index (χ0v) is 11.0. The minimum atomic E-state index is 0.582. The average Bonchev–Trinajstić information content (AvgIpc) is 2.98. The molecule has 1 aliphatic heterocycles. The molecule has 0 saturated carbocycles. The van der Waals surface area contributed by atoms with E-state index in [0.29, 0.717) is 5.92 Å². The lowest BCUT2D eigenvalue weighted by Crippen LogP contribution is -2.25. The zero-order chi connectivity index (χ0) is 11.8. The lowest BCUT2D eigenvalue weighted by Gasteiger charge is -2.18. The first-order chi connectivity index (χ1) is 8.29. The lowest BCUT2D eigenvalue weighted by molar-refractivity contribution is 0.601. The number of nitrogens with two attached hydrogens (primary N) is 1. The smallest absolute Gasteiger partial charge is 0.211 e. The van der Waals surface area contributed by atoms with Crippen LogP contribution in [0, 0.1) is 5.92 Å². The Kier molecular flexibility index (Phi) is 2.76. The van der Waals surface area contributed by atoms with Crippen molar-refractivity contribution in [2.75, 3.05) is 24.5 Å². The van der Waals surface area contributed by atoms with Crippen LogP contribution in [0.3, 0.4) is 0 Å². The molecule has 3 heterocycles. The molecule has 2 N–H and O–H groups in total. The van der Waals surface area contributed by atoms with Gasteiger partial charge in [0.25, 0.3) is 0 Å². The topological polar surface area (TPSA) is 59.5 Å². The molecule has 3 rings (SSSR count). The van der Waals surface area contributed by atoms with Crippen molar-refractivity contribution in [3.63, 3.8) is 0 Å². The summed E-state index contributed by atoms with van der Waals surface area (Å²) in [4.78, 5) is 11.1. The number of anilines is 1. The van der Waals surface area contributed by atoms with Gasteiger partial charge in [0.05, 0.1) is 4.47 Å². The average molecular weight is 296 g/mol. The molecule has 5 nitrogen and oxygen atoms in total. The highest BCUT2D eigenvalue weighted by Gasteiger charge is 2.24. The number of aromatic nitrogens is 3. The molecule has 0 radical (unpaired) electrons. The number of hydrogen-bond donors (Lipinski definition) is 1. The maximum atomic E-state index is 5.72. The summed E-state index contributed by atoms with van der Waals surface area (Å²) in [5.41, 5.74) is 6.63. The third-order valence-electron chi connectivity index (χ3n) is 3.27. The molecule has 0 spiro atoms. The third kappa shape index (κ3) is 1.81. The van der Waals surface area contributed by atoms with Crippen molar-refractivity contribution in [1.29, 1.82) is 0 Å². The molecule has 6 heteroatoms. The van der Waals surface area contributed by atoms with Crippen molar-refractivity contribution in [2.24, 2.45) is 11.7 Å². The molecule has 1 atom stereocenters. The summed E-state index contributed by atoms with van der Waals surface area (Å²) in [6.07, 6.45) is 6.69. The summed E-state index contributed by atoms with van der Waals surface area (Å²) >= 11 is 3.46. The Balaban J connectivity index is 2.01. The molecule has 1 saturated heterocycles. The Hall–Kier alpha value is -1.14. The predicted molar refractivity (Wildman–Crippen MR) is 70.1 cm³/mol. The van der Waals surface area contributed by atoms with E-state index in [9.17, 15) is 0 Å². The highest BCUT2D eigenvalue weighted by atomic mass is 79.9. The van der Waals surface area contributed by atoms with E-state index in [0.717, 1.165) is 42.1 Å². The van der Waals surface area contributed by atoms with E-state index in [1.54, 1.807) is 6.20 Å². The molecule has 2 aromatic rings.